The monoisotopic (exact) mass is 310 g/mol. The standard InChI is InChI=1S/C15H19ClN2O3/c1-11-5-4-8-13(18(20)21)14(11)15(19)17(10-9-16)12-6-2-3-7-12/h4-5,8,12H,2-3,6-7,9-10H2,1H3. The third kappa shape index (κ3) is 3.35. The van der Waals surface area contributed by atoms with Crippen molar-refractivity contribution in [1.82, 2.24) is 4.90 Å². The van der Waals surface area contributed by atoms with Crippen LogP contribution in [0.25, 0.3) is 0 Å². The first kappa shape index (κ1) is 15.8. The zero-order valence-corrected chi connectivity index (χ0v) is 12.8. The third-order valence-electron chi connectivity index (χ3n) is 4.01. The largest absolute Gasteiger partial charge is 0.334 e. The van der Waals surface area contributed by atoms with Gasteiger partial charge in [0.25, 0.3) is 11.6 Å². The van der Waals surface area contributed by atoms with E-state index >= 15 is 0 Å². The fraction of sp³-hybridized carbons (Fsp3) is 0.533. The Bertz CT molecular complexity index is 542. The number of hydrogen-bond acceptors (Lipinski definition) is 3. The minimum absolute atomic E-state index is 0.127. The van der Waals surface area contributed by atoms with Crippen molar-refractivity contribution in [3.63, 3.8) is 0 Å². The first-order valence-corrected chi connectivity index (χ1v) is 7.70. The molecule has 0 atom stereocenters. The summed E-state index contributed by atoms with van der Waals surface area (Å²) in [5, 5.41) is 11.2. The Morgan fingerprint density at radius 3 is 2.67 bits per heavy atom. The van der Waals surface area contributed by atoms with Crippen LogP contribution >= 0.6 is 11.6 Å². The highest BCUT2D eigenvalue weighted by atomic mass is 35.5. The summed E-state index contributed by atoms with van der Waals surface area (Å²) < 4.78 is 0. The van der Waals surface area contributed by atoms with Crippen LogP contribution in [0, 0.1) is 17.0 Å². The molecule has 0 heterocycles. The van der Waals surface area contributed by atoms with E-state index in [1.165, 1.54) is 6.07 Å². The second-order valence-electron chi connectivity index (χ2n) is 5.35. The molecule has 1 fully saturated rings. The normalized spacial score (nSPS) is 15.1. The van der Waals surface area contributed by atoms with E-state index in [2.05, 4.69) is 0 Å². The molecule has 0 unspecified atom stereocenters. The van der Waals surface area contributed by atoms with E-state index in [0.717, 1.165) is 25.7 Å². The second kappa shape index (κ2) is 6.89. The minimum atomic E-state index is -0.492. The summed E-state index contributed by atoms with van der Waals surface area (Å²) in [5.41, 5.74) is 0.698. The van der Waals surface area contributed by atoms with Crippen LogP contribution in [-0.2, 0) is 0 Å². The number of halogens is 1. The van der Waals surface area contributed by atoms with Gasteiger partial charge in [0.2, 0.25) is 0 Å². The summed E-state index contributed by atoms with van der Waals surface area (Å²) in [7, 11) is 0. The maximum absolute atomic E-state index is 12.8. The molecule has 5 nitrogen and oxygen atoms in total. The Labute approximate surface area is 129 Å². The number of aryl methyl sites for hydroxylation is 1. The number of carbonyl (C=O) groups excluding carboxylic acids is 1. The smallest absolute Gasteiger partial charge is 0.282 e. The van der Waals surface area contributed by atoms with Crippen molar-refractivity contribution in [1.29, 1.82) is 0 Å². The molecule has 21 heavy (non-hydrogen) atoms. The van der Waals surface area contributed by atoms with Gasteiger partial charge < -0.3 is 4.90 Å². The summed E-state index contributed by atoms with van der Waals surface area (Å²) in [4.78, 5) is 25.2. The molecular weight excluding hydrogens is 292 g/mol. The fourth-order valence-corrected chi connectivity index (χ4v) is 3.17. The van der Waals surface area contributed by atoms with E-state index in [1.54, 1.807) is 24.0 Å². The van der Waals surface area contributed by atoms with E-state index in [1.807, 2.05) is 0 Å². The van der Waals surface area contributed by atoms with Crippen LogP contribution in [0.3, 0.4) is 0 Å². The molecule has 0 N–H and O–H groups in total. The number of alkyl halides is 1. The summed E-state index contributed by atoms with van der Waals surface area (Å²) in [6.07, 6.45) is 4.07. The fourth-order valence-electron chi connectivity index (χ4n) is 2.98. The number of nitro groups is 1. The molecule has 0 aromatic heterocycles. The molecule has 1 aromatic carbocycles. The van der Waals surface area contributed by atoms with Crippen molar-refractivity contribution in [2.45, 2.75) is 38.6 Å². The molecule has 1 amide bonds. The summed E-state index contributed by atoms with van der Waals surface area (Å²) in [6, 6.07) is 4.86. The van der Waals surface area contributed by atoms with Crippen LogP contribution in [0.15, 0.2) is 18.2 Å². The lowest BCUT2D eigenvalue weighted by atomic mass is 10.0. The van der Waals surface area contributed by atoms with Crippen LogP contribution < -0.4 is 0 Å². The lowest BCUT2D eigenvalue weighted by Gasteiger charge is -2.28. The van der Waals surface area contributed by atoms with Crippen LogP contribution in [0.1, 0.15) is 41.6 Å². The van der Waals surface area contributed by atoms with Crippen molar-refractivity contribution in [3.8, 4) is 0 Å². The number of nitro benzene ring substituents is 1. The van der Waals surface area contributed by atoms with E-state index < -0.39 is 4.92 Å². The van der Waals surface area contributed by atoms with Crippen molar-refractivity contribution in [2.75, 3.05) is 12.4 Å². The Balaban J connectivity index is 2.38. The Hall–Kier alpha value is -1.62. The van der Waals surface area contributed by atoms with E-state index in [-0.39, 0.29) is 23.2 Å². The van der Waals surface area contributed by atoms with Crippen LogP contribution in [-0.4, -0.2) is 34.2 Å². The van der Waals surface area contributed by atoms with Crippen molar-refractivity contribution < 1.29 is 9.72 Å². The Morgan fingerprint density at radius 1 is 1.43 bits per heavy atom. The highest BCUT2D eigenvalue weighted by Gasteiger charge is 2.31. The zero-order chi connectivity index (χ0) is 15.4. The maximum Gasteiger partial charge on any atom is 0.282 e. The molecule has 0 saturated heterocycles. The van der Waals surface area contributed by atoms with Crippen molar-refractivity contribution in [3.05, 3.63) is 39.4 Å². The molecule has 6 heteroatoms. The van der Waals surface area contributed by atoms with E-state index in [0.29, 0.717) is 18.0 Å². The van der Waals surface area contributed by atoms with Crippen molar-refractivity contribution >= 4 is 23.2 Å². The number of hydrogen-bond donors (Lipinski definition) is 0. The average Bonchev–Trinajstić information content (AvgIpc) is 2.97. The van der Waals surface area contributed by atoms with Gasteiger partial charge in [-0.1, -0.05) is 25.0 Å². The number of carbonyl (C=O) groups is 1. The molecule has 0 bridgehead atoms. The lowest BCUT2D eigenvalue weighted by Crippen LogP contribution is -2.40. The van der Waals surface area contributed by atoms with E-state index in [9.17, 15) is 14.9 Å². The predicted octanol–water partition coefficient (Wildman–Crippen LogP) is 3.53. The molecule has 0 spiro atoms. The number of nitrogens with zero attached hydrogens (tertiary/aromatic N) is 2. The van der Waals surface area contributed by atoms with Crippen LogP contribution in [0.4, 0.5) is 5.69 Å². The summed E-state index contributed by atoms with van der Waals surface area (Å²) in [5.74, 6) is 0.0643. The number of benzene rings is 1. The molecule has 0 aliphatic heterocycles. The first-order chi connectivity index (χ1) is 10.1. The molecule has 1 saturated carbocycles. The average molecular weight is 311 g/mol. The predicted molar refractivity (Wildman–Crippen MR) is 81.8 cm³/mol. The van der Waals surface area contributed by atoms with Gasteiger partial charge in [-0.25, -0.2) is 0 Å². The molecule has 114 valence electrons. The Morgan fingerprint density at radius 2 is 2.10 bits per heavy atom. The van der Waals surface area contributed by atoms with Gasteiger partial charge >= 0.3 is 0 Å². The third-order valence-corrected chi connectivity index (χ3v) is 4.18. The number of rotatable bonds is 5. The second-order valence-corrected chi connectivity index (χ2v) is 5.73. The van der Waals surface area contributed by atoms with Gasteiger partial charge in [0.15, 0.2) is 0 Å². The summed E-state index contributed by atoms with van der Waals surface area (Å²) >= 11 is 5.82. The van der Waals surface area contributed by atoms with Gasteiger partial charge in [-0.15, -0.1) is 11.6 Å². The molecular formula is C15H19ClN2O3. The van der Waals surface area contributed by atoms with Gasteiger partial charge in [-0.2, -0.15) is 0 Å². The van der Waals surface area contributed by atoms with Gasteiger partial charge in [0.1, 0.15) is 5.56 Å². The quantitative estimate of drug-likeness (QED) is 0.475. The van der Waals surface area contributed by atoms with Crippen LogP contribution in [0.2, 0.25) is 0 Å². The van der Waals surface area contributed by atoms with Gasteiger partial charge in [-0.05, 0) is 25.3 Å². The SMILES string of the molecule is Cc1cccc([N+](=O)[O-])c1C(=O)N(CCCl)C1CCCC1. The maximum atomic E-state index is 12.8. The van der Waals surface area contributed by atoms with E-state index in [4.69, 9.17) is 11.6 Å². The lowest BCUT2D eigenvalue weighted by molar-refractivity contribution is -0.385. The molecule has 0 radical (unpaired) electrons. The van der Waals surface area contributed by atoms with Gasteiger partial charge in [0, 0.05) is 24.5 Å². The molecule has 1 aliphatic carbocycles. The van der Waals surface area contributed by atoms with Gasteiger partial charge in [0.05, 0.1) is 4.92 Å². The van der Waals surface area contributed by atoms with Gasteiger partial charge in [-0.3, -0.25) is 14.9 Å². The first-order valence-electron chi connectivity index (χ1n) is 7.17. The molecule has 2 rings (SSSR count). The van der Waals surface area contributed by atoms with Crippen LogP contribution in [0.5, 0.6) is 0 Å². The highest BCUT2D eigenvalue weighted by Crippen LogP contribution is 2.29. The number of amides is 1. The summed E-state index contributed by atoms with van der Waals surface area (Å²) in [6.45, 7) is 2.16. The highest BCUT2D eigenvalue weighted by molar-refractivity contribution is 6.18. The Kier molecular flexibility index (Phi) is 5.17. The molecule has 1 aliphatic rings. The minimum Gasteiger partial charge on any atom is -0.334 e. The topological polar surface area (TPSA) is 63.5 Å². The van der Waals surface area contributed by atoms with Crippen molar-refractivity contribution in [2.24, 2.45) is 0 Å². The zero-order valence-electron chi connectivity index (χ0n) is 12.0. The molecule has 1 aromatic rings.